The number of methoxy groups -OCH3 is 1. The number of carbonyl (C=O) groups is 1. The van der Waals surface area contributed by atoms with E-state index in [1.165, 1.54) is 19.2 Å². The third-order valence-corrected chi connectivity index (χ3v) is 2.52. The Labute approximate surface area is 104 Å². The standard InChI is InChI=1S/C11H13Cl2NO2/c1-6(14)3-10(15)8-4-7(12)5-9(13)11(8)16-2/h4-6H,3,14H2,1-2H3. The highest BCUT2D eigenvalue weighted by molar-refractivity contribution is 6.36. The zero-order valence-electron chi connectivity index (χ0n) is 9.09. The lowest BCUT2D eigenvalue weighted by Crippen LogP contribution is -2.20. The van der Waals surface area contributed by atoms with E-state index in [9.17, 15) is 4.79 Å². The van der Waals surface area contributed by atoms with Gasteiger partial charge in [0.15, 0.2) is 5.78 Å². The van der Waals surface area contributed by atoms with Crippen LogP contribution in [0.1, 0.15) is 23.7 Å². The molecule has 1 aromatic carbocycles. The van der Waals surface area contributed by atoms with Gasteiger partial charge < -0.3 is 10.5 Å². The van der Waals surface area contributed by atoms with Gasteiger partial charge in [-0.3, -0.25) is 4.79 Å². The topological polar surface area (TPSA) is 52.3 Å². The summed E-state index contributed by atoms with van der Waals surface area (Å²) < 4.78 is 5.08. The van der Waals surface area contributed by atoms with Crippen LogP contribution in [0.3, 0.4) is 0 Å². The molecule has 2 N–H and O–H groups in total. The zero-order chi connectivity index (χ0) is 12.3. The van der Waals surface area contributed by atoms with E-state index in [0.717, 1.165) is 0 Å². The molecule has 0 saturated heterocycles. The molecular weight excluding hydrogens is 249 g/mol. The molecule has 1 aromatic rings. The Morgan fingerprint density at radius 3 is 2.62 bits per heavy atom. The quantitative estimate of drug-likeness (QED) is 0.849. The summed E-state index contributed by atoms with van der Waals surface area (Å²) in [6, 6.07) is 2.86. The summed E-state index contributed by atoms with van der Waals surface area (Å²) in [7, 11) is 1.46. The minimum Gasteiger partial charge on any atom is -0.494 e. The van der Waals surface area contributed by atoms with Gasteiger partial charge in [-0.15, -0.1) is 0 Å². The molecule has 0 bridgehead atoms. The lowest BCUT2D eigenvalue weighted by molar-refractivity contribution is 0.0973. The molecule has 0 radical (unpaired) electrons. The summed E-state index contributed by atoms with van der Waals surface area (Å²) in [6.07, 6.45) is 0.229. The minimum atomic E-state index is -0.213. The summed E-state index contributed by atoms with van der Waals surface area (Å²) in [4.78, 5) is 11.9. The average molecular weight is 262 g/mol. The van der Waals surface area contributed by atoms with Crippen molar-refractivity contribution < 1.29 is 9.53 Å². The van der Waals surface area contributed by atoms with Gasteiger partial charge >= 0.3 is 0 Å². The van der Waals surface area contributed by atoms with E-state index in [-0.39, 0.29) is 18.2 Å². The van der Waals surface area contributed by atoms with Gasteiger partial charge in [-0.25, -0.2) is 0 Å². The fraction of sp³-hybridized carbons (Fsp3) is 0.364. The highest BCUT2D eigenvalue weighted by atomic mass is 35.5. The molecule has 0 saturated carbocycles. The number of hydrogen-bond donors (Lipinski definition) is 1. The number of carbonyl (C=O) groups excluding carboxylic acids is 1. The predicted molar refractivity (Wildman–Crippen MR) is 65.6 cm³/mol. The molecule has 1 rings (SSSR count). The van der Waals surface area contributed by atoms with Crippen molar-refractivity contribution in [1.29, 1.82) is 0 Å². The number of ketones is 1. The molecule has 5 heteroatoms. The van der Waals surface area contributed by atoms with Gasteiger partial charge in [-0.1, -0.05) is 23.2 Å². The highest BCUT2D eigenvalue weighted by Crippen LogP contribution is 2.32. The first-order chi connectivity index (χ1) is 7.45. The van der Waals surface area contributed by atoms with E-state index in [0.29, 0.717) is 21.4 Å². The van der Waals surface area contributed by atoms with Gasteiger partial charge in [0, 0.05) is 17.5 Å². The first-order valence-electron chi connectivity index (χ1n) is 4.77. The molecule has 3 nitrogen and oxygen atoms in total. The van der Waals surface area contributed by atoms with Crippen LogP contribution in [0.25, 0.3) is 0 Å². The molecule has 0 aliphatic rings. The van der Waals surface area contributed by atoms with E-state index >= 15 is 0 Å². The van der Waals surface area contributed by atoms with Crippen LogP contribution < -0.4 is 10.5 Å². The number of benzene rings is 1. The first kappa shape index (κ1) is 13.3. The Balaban J connectivity index is 3.15. The Kier molecular flexibility index (Phi) is 4.59. The number of nitrogens with two attached hydrogens (primary N) is 1. The number of halogens is 2. The van der Waals surface area contributed by atoms with Gasteiger partial charge in [0.05, 0.1) is 17.7 Å². The maximum Gasteiger partial charge on any atom is 0.168 e. The molecule has 0 aliphatic heterocycles. The Morgan fingerprint density at radius 1 is 1.50 bits per heavy atom. The summed E-state index contributed by atoms with van der Waals surface area (Å²) in [5.41, 5.74) is 5.94. The number of Topliss-reactive ketones (excluding diaryl/α,β-unsaturated/α-hetero) is 1. The molecule has 0 fully saturated rings. The summed E-state index contributed by atoms with van der Waals surface area (Å²) >= 11 is 11.8. The van der Waals surface area contributed by atoms with Crippen molar-refractivity contribution in [3.05, 3.63) is 27.7 Å². The molecule has 0 heterocycles. The molecule has 1 atom stereocenters. The van der Waals surface area contributed by atoms with Crippen LogP contribution in [0.5, 0.6) is 5.75 Å². The van der Waals surface area contributed by atoms with Crippen LogP contribution in [0.2, 0.25) is 10.0 Å². The Bertz CT molecular complexity index is 405. The minimum absolute atomic E-state index is 0.128. The lowest BCUT2D eigenvalue weighted by Gasteiger charge is -2.11. The molecule has 1 unspecified atom stereocenters. The van der Waals surface area contributed by atoms with Crippen molar-refractivity contribution in [2.24, 2.45) is 5.73 Å². The molecule has 0 amide bonds. The van der Waals surface area contributed by atoms with Gasteiger partial charge in [0.2, 0.25) is 0 Å². The summed E-state index contributed by atoms with van der Waals surface area (Å²) in [5, 5.41) is 0.724. The monoisotopic (exact) mass is 261 g/mol. The molecule has 88 valence electrons. The third-order valence-electron chi connectivity index (χ3n) is 2.02. The largest absolute Gasteiger partial charge is 0.494 e. The third kappa shape index (κ3) is 3.11. The Hall–Kier alpha value is -0.770. The summed E-state index contributed by atoms with van der Waals surface area (Å²) in [5.74, 6) is 0.216. The normalized spacial score (nSPS) is 12.3. The first-order valence-corrected chi connectivity index (χ1v) is 5.53. The van der Waals surface area contributed by atoms with Crippen LogP contribution in [-0.4, -0.2) is 18.9 Å². The fourth-order valence-corrected chi connectivity index (χ4v) is 1.95. The van der Waals surface area contributed by atoms with Crippen molar-refractivity contribution in [2.75, 3.05) is 7.11 Å². The molecule has 0 aromatic heterocycles. The molecule has 0 aliphatic carbocycles. The lowest BCUT2D eigenvalue weighted by atomic mass is 10.0. The number of rotatable bonds is 4. The summed E-state index contributed by atoms with van der Waals surface area (Å²) in [6.45, 7) is 1.76. The van der Waals surface area contributed by atoms with E-state index in [1.54, 1.807) is 6.92 Å². The van der Waals surface area contributed by atoms with Crippen molar-refractivity contribution >= 4 is 29.0 Å². The van der Waals surface area contributed by atoms with E-state index in [2.05, 4.69) is 0 Å². The van der Waals surface area contributed by atoms with E-state index in [1.807, 2.05) is 0 Å². The highest BCUT2D eigenvalue weighted by Gasteiger charge is 2.17. The van der Waals surface area contributed by atoms with Gasteiger partial charge in [0.1, 0.15) is 5.75 Å². The van der Waals surface area contributed by atoms with Crippen LogP contribution >= 0.6 is 23.2 Å². The predicted octanol–water partition coefficient (Wildman–Crippen LogP) is 2.92. The van der Waals surface area contributed by atoms with Crippen molar-refractivity contribution in [3.63, 3.8) is 0 Å². The van der Waals surface area contributed by atoms with Crippen molar-refractivity contribution in [3.8, 4) is 5.75 Å². The fourth-order valence-electron chi connectivity index (χ4n) is 1.38. The van der Waals surface area contributed by atoms with Gasteiger partial charge in [-0.2, -0.15) is 0 Å². The Morgan fingerprint density at radius 2 is 2.12 bits per heavy atom. The second-order valence-corrected chi connectivity index (χ2v) is 4.42. The van der Waals surface area contributed by atoms with Crippen LogP contribution in [0.4, 0.5) is 0 Å². The van der Waals surface area contributed by atoms with Crippen LogP contribution in [-0.2, 0) is 0 Å². The second kappa shape index (κ2) is 5.53. The number of ether oxygens (including phenoxy) is 1. The average Bonchev–Trinajstić information content (AvgIpc) is 2.15. The van der Waals surface area contributed by atoms with Crippen LogP contribution in [0, 0.1) is 0 Å². The smallest absolute Gasteiger partial charge is 0.168 e. The van der Waals surface area contributed by atoms with Crippen molar-refractivity contribution in [2.45, 2.75) is 19.4 Å². The molecular formula is C11H13Cl2NO2. The number of hydrogen-bond acceptors (Lipinski definition) is 3. The molecule has 0 spiro atoms. The van der Waals surface area contributed by atoms with Gasteiger partial charge in [-0.05, 0) is 19.1 Å². The van der Waals surface area contributed by atoms with Crippen LogP contribution in [0.15, 0.2) is 12.1 Å². The van der Waals surface area contributed by atoms with Crippen molar-refractivity contribution in [1.82, 2.24) is 0 Å². The zero-order valence-corrected chi connectivity index (χ0v) is 10.6. The SMILES string of the molecule is COc1c(Cl)cc(Cl)cc1C(=O)CC(C)N. The maximum absolute atomic E-state index is 11.9. The molecule has 16 heavy (non-hydrogen) atoms. The van der Waals surface area contributed by atoms with Gasteiger partial charge in [0.25, 0.3) is 0 Å². The van der Waals surface area contributed by atoms with E-state index < -0.39 is 0 Å². The van der Waals surface area contributed by atoms with E-state index in [4.69, 9.17) is 33.7 Å². The second-order valence-electron chi connectivity index (χ2n) is 3.57. The maximum atomic E-state index is 11.9.